The average Bonchev–Trinajstić information content (AvgIpc) is 2.73. The summed E-state index contributed by atoms with van der Waals surface area (Å²) in [6.45, 7) is 7.87. The maximum atomic E-state index is 4.40. The van der Waals surface area contributed by atoms with E-state index in [0.29, 0.717) is 0 Å². The van der Waals surface area contributed by atoms with Crippen LogP contribution >= 0.6 is 0 Å². The van der Waals surface area contributed by atoms with Gasteiger partial charge in [-0.1, -0.05) is 6.92 Å². The molecule has 0 aliphatic rings. The number of aryl methyl sites for hydroxylation is 2. The lowest BCUT2D eigenvalue weighted by atomic mass is 10.2. The standard InChI is InChI=1S/C13H18N4/c1-4-14-7-12-8-15-13(17-12)11-5-9(2)16-10(3)6-11/h5-6,8,14H,4,7H2,1-3H3,(H,15,17). The predicted octanol–water partition coefficient (Wildman–Crippen LogP) is 2.20. The summed E-state index contributed by atoms with van der Waals surface area (Å²) in [6.07, 6.45) is 1.88. The second kappa shape index (κ2) is 5.10. The van der Waals surface area contributed by atoms with Gasteiger partial charge in [-0.25, -0.2) is 4.98 Å². The van der Waals surface area contributed by atoms with E-state index in [4.69, 9.17) is 0 Å². The summed E-state index contributed by atoms with van der Waals surface area (Å²) in [4.78, 5) is 12.1. The molecule has 0 amide bonds. The van der Waals surface area contributed by atoms with Crippen LogP contribution < -0.4 is 5.32 Å². The van der Waals surface area contributed by atoms with Gasteiger partial charge in [0.25, 0.3) is 0 Å². The van der Waals surface area contributed by atoms with Gasteiger partial charge in [0.2, 0.25) is 0 Å². The van der Waals surface area contributed by atoms with Gasteiger partial charge >= 0.3 is 0 Å². The summed E-state index contributed by atoms with van der Waals surface area (Å²) in [6, 6.07) is 4.09. The van der Waals surface area contributed by atoms with Crippen molar-refractivity contribution in [1.29, 1.82) is 0 Å². The Morgan fingerprint density at radius 3 is 2.59 bits per heavy atom. The molecule has 0 aromatic carbocycles. The predicted molar refractivity (Wildman–Crippen MR) is 68.7 cm³/mol. The van der Waals surface area contributed by atoms with Crippen molar-refractivity contribution >= 4 is 0 Å². The fraction of sp³-hybridized carbons (Fsp3) is 0.385. The van der Waals surface area contributed by atoms with Gasteiger partial charge in [0.05, 0.1) is 0 Å². The van der Waals surface area contributed by atoms with Crippen molar-refractivity contribution in [1.82, 2.24) is 20.3 Å². The molecule has 0 atom stereocenters. The molecule has 0 unspecified atom stereocenters. The van der Waals surface area contributed by atoms with Crippen molar-refractivity contribution in [3.05, 3.63) is 35.4 Å². The third kappa shape index (κ3) is 2.91. The summed E-state index contributed by atoms with van der Waals surface area (Å²) in [5, 5.41) is 3.27. The minimum Gasteiger partial charge on any atom is -0.341 e. The number of pyridine rings is 1. The molecule has 2 heterocycles. The first-order valence-corrected chi connectivity index (χ1v) is 5.89. The molecular weight excluding hydrogens is 212 g/mol. The smallest absolute Gasteiger partial charge is 0.137 e. The van der Waals surface area contributed by atoms with Crippen LogP contribution in [0.5, 0.6) is 0 Å². The zero-order valence-electron chi connectivity index (χ0n) is 10.5. The van der Waals surface area contributed by atoms with E-state index in [0.717, 1.165) is 41.6 Å². The maximum Gasteiger partial charge on any atom is 0.137 e. The number of nitrogens with one attached hydrogen (secondary N) is 2. The van der Waals surface area contributed by atoms with E-state index in [1.165, 1.54) is 0 Å². The number of nitrogens with zero attached hydrogens (tertiary/aromatic N) is 2. The van der Waals surface area contributed by atoms with E-state index in [9.17, 15) is 0 Å². The lowest BCUT2D eigenvalue weighted by Gasteiger charge is -2.01. The quantitative estimate of drug-likeness (QED) is 0.846. The van der Waals surface area contributed by atoms with E-state index in [1.807, 2.05) is 32.2 Å². The molecule has 2 rings (SSSR count). The largest absolute Gasteiger partial charge is 0.341 e. The number of aromatic amines is 1. The fourth-order valence-electron chi connectivity index (χ4n) is 1.83. The average molecular weight is 230 g/mol. The van der Waals surface area contributed by atoms with Crippen molar-refractivity contribution in [3.8, 4) is 11.4 Å². The first kappa shape index (κ1) is 11.8. The van der Waals surface area contributed by atoms with Crippen LogP contribution in [0, 0.1) is 13.8 Å². The number of aromatic nitrogens is 3. The van der Waals surface area contributed by atoms with Crippen LogP contribution in [0.3, 0.4) is 0 Å². The van der Waals surface area contributed by atoms with E-state index < -0.39 is 0 Å². The van der Waals surface area contributed by atoms with Gasteiger partial charge < -0.3 is 10.3 Å². The van der Waals surface area contributed by atoms with Crippen molar-refractivity contribution in [2.45, 2.75) is 27.3 Å². The third-order valence-electron chi connectivity index (χ3n) is 2.55. The Bertz CT molecular complexity index is 482. The number of rotatable bonds is 4. The number of hydrogen-bond acceptors (Lipinski definition) is 3. The van der Waals surface area contributed by atoms with Crippen LogP contribution in [-0.4, -0.2) is 21.5 Å². The first-order valence-electron chi connectivity index (χ1n) is 5.89. The molecule has 2 aromatic heterocycles. The molecule has 4 heteroatoms. The highest BCUT2D eigenvalue weighted by Crippen LogP contribution is 2.17. The van der Waals surface area contributed by atoms with Crippen molar-refractivity contribution in [3.63, 3.8) is 0 Å². The van der Waals surface area contributed by atoms with Gasteiger partial charge in [-0.15, -0.1) is 0 Å². The minimum atomic E-state index is 0.826. The monoisotopic (exact) mass is 230 g/mol. The van der Waals surface area contributed by atoms with Gasteiger partial charge in [0.1, 0.15) is 5.82 Å². The van der Waals surface area contributed by atoms with Gasteiger partial charge in [-0.05, 0) is 32.5 Å². The van der Waals surface area contributed by atoms with Crippen molar-refractivity contribution < 1.29 is 0 Å². The molecule has 0 bridgehead atoms. The SMILES string of the molecule is CCNCc1cnc(-c2cc(C)nc(C)c2)[nH]1. The Labute approximate surface area is 102 Å². The topological polar surface area (TPSA) is 53.6 Å². The molecular formula is C13H18N4. The summed E-state index contributed by atoms with van der Waals surface area (Å²) in [7, 11) is 0. The molecule has 17 heavy (non-hydrogen) atoms. The summed E-state index contributed by atoms with van der Waals surface area (Å²) in [5.41, 5.74) is 4.24. The molecule has 2 N–H and O–H groups in total. The molecule has 0 aliphatic carbocycles. The van der Waals surface area contributed by atoms with Crippen LogP contribution in [0.4, 0.5) is 0 Å². The first-order chi connectivity index (χ1) is 8.19. The summed E-state index contributed by atoms with van der Waals surface area (Å²) >= 11 is 0. The van der Waals surface area contributed by atoms with Gasteiger partial charge in [-0.2, -0.15) is 0 Å². The molecule has 0 saturated carbocycles. The van der Waals surface area contributed by atoms with Gasteiger partial charge in [0.15, 0.2) is 0 Å². The minimum absolute atomic E-state index is 0.826. The van der Waals surface area contributed by atoms with Gasteiger partial charge in [-0.3, -0.25) is 4.98 Å². The Kier molecular flexibility index (Phi) is 3.54. The van der Waals surface area contributed by atoms with Crippen LogP contribution in [-0.2, 0) is 6.54 Å². The Morgan fingerprint density at radius 1 is 1.24 bits per heavy atom. The molecule has 0 spiro atoms. The normalized spacial score (nSPS) is 10.8. The van der Waals surface area contributed by atoms with Crippen LogP contribution in [0.15, 0.2) is 18.3 Å². The lowest BCUT2D eigenvalue weighted by molar-refractivity contribution is 0.714. The van der Waals surface area contributed by atoms with Crippen LogP contribution in [0.25, 0.3) is 11.4 Å². The Balaban J connectivity index is 2.24. The van der Waals surface area contributed by atoms with E-state index in [1.54, 1.807) is 0 Å². The Morgan fingerprint density at radius 2 is 1.94 bits per heavy atom. The second-order valence-corrected chi connectivity index (χ2v) is 4.18. The number of H-pyrrole nitrogens is 1. The molecule has 0 radical (unpaired) electrons. The lowest BCUT2D eigenvalue weighted by Crippen LogP contribution is -2.11. The summed E-state index contributed by atoms with van der Waals surface area (Å²) in [5.74, 6) is 0.909. The zero-order chi connectivity index (χ0) is 12.3. The maximum absolute atomic E-state index is 4.40. The molecule has 2 aromatic rings. The molecule has 4 nitrogen and oxygen atoms in total. The second-order valence-electron chi connectivity index (χ2n) is 4.18. The summed E-state index contributed by atoms with van der Waals surface area (Å²) < 4.78 is 0. The van der Waals surface area contributed by atoms with E-state index >= 15 is 0 Å². The van der Waals surface area contributed by atoms with E-state index in [2.05, 4.69) is 27.2 Å². The van der Waals surface area contributed by atoms with Crippen LogP contribution in [0.2, 0.25) is 0 Å². The number of imidazole rings is 1. The highest BCUT2D eigenvalue weighted by molar-refractivity contribution is 5.56. The van der Waals surface area contributed by atoms with Crippen molar-refractivity contribution in [2.24, 2.45) is 0 Å². The molecule has 90 valence electrons. The third-order valence-corrected chi connectivity index (χ3v) is 2.55. The fourth-order valence-corrected chi connectivity index (χ4v) is 1.83. The molecule has 0 fully saturated rings. The van der Waals surface area contributed by atoms with E-state index in [-0.39, 0.29) is 0 Å². The Hall–Kier alpha value is -1.68. The highest BCUT2D eigenvalue weighted by atomic mass is 15.0. The van der Waals surface area contributed by atoms with Crippen molar-refractivity contribution in [2.75, 3.05) is 6.54 Å². The molecule has 0 saturated heterocycles. The zero-order valence-corrected chi connectivity index (χ0v) is 10.5. The van der Waals surface area contributed by atoms with Crippen LogP contribution in [0.1, 0.15) is 24.0 Å². The van der Waals surface area contributed by atoms with Gasteiger partial charge in [0, 0.05) is 35.4 Å². The number of hydrogen-bond donors (Lipinski definition) is 2. The molecule has 0 aliphatic heterocycles. The highest BCUT2D eigenvalue weighted by Gasteiger charge is 2.05.